The highest BCUT2D eigenvalue weighted by molar-refractivity contribution is 6.31. The average molecular weight is 393 g/mol. The summed E-state index contributed by atoms with van der Waals surface area (Å²) < 4.78 is 40.1. The van der Waals surface area contributed by atoms with Gasteiger partial charge in [-0.05, 0) is 49.1 Å². The van der Waals surface area contributed by atoms with Crippen LogP contribution in [-0.4, -0.2) is 10.9 Å². The molecule has 4 rings (SSSR count). The first kappa shape index (κ1) is 17.9. The molecule has 140 valence electrons. The molecule has 27 heavy (non-hydrogen) atoms. The molecule has 1 atom stereocenters. The lowest BCUT2D eigenvalue weighted by Gasteiger charge is -2.24. The van der Waals surface area contributed by atoms with Crippen LogP contribution >= 0.6 is 11.6 Å². The van der Waals surface area contributed by atoms with Gasteiger partial charge in [-0.25, -0.2) is 13.2 Å². The number of aryl methyl sites for hydroxylation is 1. The normalized spacial score (nSPS) is 16.4. The Bertz CT molecular complexity index is 1050. The van der Waals surface area contributed by atoms with Gasteiger partial charge in [0, 0.05) is 33.2 Å². The van der Waals surface area contributed by atoms with E-state index in [1.54, 1.807) is 6.07 Å². The van der Waals surface area contributed by atoms with Gasteiger partial charge in [-0.2, -0.15) is 0 Å². The number of aromatic nitrogens is 1. The van der Waals surface area contributed by atoms with Crippen LogP contribution in [0.5, 0.6) is 0 Å². The Morgan fingerprint density at radius 2 is 1.93 bits per heavy atom. The lowest BCUT2D eigenvalue weighted by Crippen LogP contribution is -2.32. The molecule has 0 aliphatic heterocycles. The second-order valence-corrected chi connectivity index (χ2v) is 7.19. The predicted molar refractivity (Wildman–Crippen MR) is 97.2 cm³/mol. The van der Waals surface area contributed by atoms with E-state index in [1.165, 1.54) is 0 Å². The second-order valence-electron chi connectivity index (χ2n) is 6.75. The largest absolute Gasteiger partial charge is 0.356 e. The summed E-state index contributed by atoms with van der Waals surface area (Å²) in [6, 6.07) is 6.52. The molecule has 2 aromatic carbocycles. The second kappa shape index (κ2) is 6.93. The Kier molecular flexibility index (Phi) is 4.60. The first-order valence-electron chi connectivity index (χ1n) is 8.65. The van der Waals surface area contributed by atoms with Gasteiger partial charge in [-0.3, -0.25) is 4.79 Å². The Morgan fingerprint density at radius 1 is 1.15 bits per heavy atom. The molecule has 2 N–H and O–H groups in total. The van der Waals surface area contributed by atoms with E-state index in [1.807, 2.05) is 12.1 Å². The molecule has 0 saturated carbocycles. The zero-order chi connectivity index (χ0) is 19.1. The summed E-state index contributed by atoms with van der Waals surface area (Å²) >= 11 is 6.09. The number of hydrogen-bond donors (Lipinski definition) is 2. The molecule has 0 spiro atoms. The summed E-state index contributed by atoms with van der Waals surface area (Å²) in [5.74, 6) is -3.83. The molecular weight excluding hydrogens is 377 g/mol. The van der Waals surface area contributed by atoms with Gasteiger partial charge in [0.15, 0.2) is 11.6 Å². The van der Waals surface area contributed by atoms with Crippen LogP contribution in [0, 0.1) is 17.5 Å². The van der Waals surface area contributed by atoms with Crippen molar-refractivity contribution in [3.63, 3.8) is 0 Å². The molecule has 0 radical (unpaired) electrons. The minimum absolute atomic E-state index is 0.175. The van der Waals surface area contributed by atoms with Crippen LogP contribution in [-0.2, 0) is 17.6 Å². The molecule has 0 bridgehead atoms. The van der Waals surface area contributed by atoms with Gasteiger partial charge in [-0.1, -0.05) is 11.6 Å². The zero-order valence-corrected chi connectivity index (χ0v) is 15.0. The zero-order valence-electron chi connectivity index (χ0n) is 14.2. The Morgan fingerprint density at radius 3 is 2.74 bits per heavy atom. The van der Waals surface area contributed by atoms with Crippen molar-refractivity contribution < 1.29 is 18.0 Å². The van der Waals surface area contributed by atoms with Crippen LogP contribution in [0.4, 0.5) is 13.2 Å². The van der Waals surface area contributed by atoms with Crippen molar-refractivity contribution >= 4 is 28.4 Å². The molecule has 1 aromatic heterocycles. The van der Waals surface area contributed by atoms with Gasteiger partial charge >= 0.3 is 0 Å². The number of carbonyl (C=O) groups excluding carboxylic acids is 1. The summed E-state index contributed by atoms with van der Waals surface area (Å²) in [7, 11) is 0. The van der Waals surface area contributed by atoms with E-state index in [-0.39, 0.29) is 18.0 Å². The van der Waals surface area contributed by atoms with E-state index in [9.17, 15) is 18.0 Å². The third kappa shape index (κ3) is 3.41. The predicted octanol–water partition coefficient (Wildman–Crippen LogP) is 4.97. The van der Waals surface area contributed by atoms with E-state index in [0.29, 0.717) is 11.1 Å². The third-order valence-electron chi connectivity index (χ3n) is 4.94. The molecule has 0 fully saturated rings. The maximum Gasteiger partial charge on any atom is 0.225 e. The van der Waals surface area contributed by atoms with Gasteiger partial charge in [0.25, 0.3) is 0 Å². The van der Waals surface area contributed by atoms with E-state index < -0.39 is 23.4 Å². The van der Waals surface area contributed by atoms with E-state index in [2.05, 4.69) is 10.3 Å². The molecule has 7 heteroatoms. The minimum Gasteiger partial charge on any atom is -0.356 e. The number of aromatic amines is 1. The van der Waals surface area contributed by atoms with Gasteiger partial charge in [0.05, 0.1) is 12.5 Å². The quantitative estimate of drug-likeness (QED) is 0.607. The van der Waals surface area contributed by atoms with Crippen LogP contribution in [0.15, 0.2) is 30.3 Å². The Balaban J connectivity index is 1.57. The average Bonchev–Trinajstić information content (AvgIpc) is 2.99. The van der Waals surface area contributed by atoms with Crippen molar-refractivity contribution in [1.82, 2.24) is 10.3 Å². The molecule has 1 aliphatic rings. The number of fused-ring (bicyclic) bond motifs is 3. The summed E-state index contributed by atoms with van der Waals surface area (Å²) in [5.41, 5.74) is 2.80. The highest BCUT2D eigenvalue weighted by atomic mass is 35.5. The summed E-state index contributed by atoms with van der Waals surface area (Å²) in [5, 5.41) is 4.55. The van der Waals surface area contributed by atoms with E-state index in [0.717, 1.165) is 47.5 Å². The van der Waals surface area contributed by atoms with Gasteiger partial charge in [0.2, 0.25) is 5.91 Å². The summed E-state index contributed by atoms with van der Waals surface area (Å²) in [4.78, 5) is 15.7. The molecule has 1 unspecified atom stereocenters. The number of benzene rings is 2. The number of amides is 1. The number of hydrogen-bond acceptors (Lipinski definition) is 1. The molecule has 1 amide bonds. The number of rotatable bonds is 3. The van der Waals surface area contributed by atoms with Crippen molar-refractivity contribution in [1.29, 1.82) is 0 Å². The molecular formula is C20H16ClF3N2O. The molecule has 3 aromatic rings. The molecule has 0 saturated heterocycles. The number of H-pyrrole nitrogens is 1. The first-order valence-corrected chi connectivity index (χ1v) is 9.03. The summed E-state index contributed by atoms with van der Waals surface area (Å²) in [6.45, 7) is 0. The fourth-order valence-corrected chi connectivity index (χ4v) is 3.87. The Labute approximate surface area is 158 Å². The number of halogens is 4. The van der Waals surface area contributed by atoms with Crippen molar-refractivity contribution in [2.45, 2.75) is 31.7 Å². The maximum atomic E-state index is 13.8. The fraction of sp³-hybridized carbons (Fsp3) is 0.250. The minimum atomic E-state index is -1.27. The summed E-state index contributed by atoms with van der Waals surface area (Å²) in [6.07, 6.45) is 2.14. The van der Waals surface area contributed by atoms with Gasteiger partial charge in [0.1, 0.15) is 5.82 Å². The van der Waals surface area contributed by atoms with E-state index in [4.69, 9.17) is 11.6 Å². The highest BCUT2D eigenvalue weighted by Gasteiger charge is 2.26. The van der Waals surface area contributed by atoms with Crippen molar-refractivity contribution in [3.05, 3.63) is 69.6 Å². The fourth-order valence-electron chi connectivity index (χ4n) is 3.70. The van der Waals surface area contributed by atoms with Crippen LogP contribution in [0.1, 0.15) is 35.7 Å². The monoisotopic (exact) mass is 392 g/mol. The standard InChI is InChI=1S/C20H16ClF3N2O/c21-11-4-5-17-13(8-11)12-2-1-3-18(20(12)26-17)25-19(27)7-10-6-15(23)16(24)9-14(10)22/h4-6,8-9,18,26H,1-3,7H2,(H,25,27). The highest BCUT2D eigenvalue weighted by Crippen LogP contribution is 2.35. The van der Waals surface area contributed by atoms with Crippen LogP contribution in [0.3, 0.4) is 0 Å². The van der Waals surface area contributed by atoms with E-state index >= 15 is 0 Å². The lowest BCUT2D eigenvalue weighted by molar-refractivity contribution is -0.121. The third-order valence-corrected chi connectivity index (χ3v) is 5.18. The first-order chi connectivity index (χ1) is 12.9. The lowest BCUT2D eigenvalue weighted by atomic mass is 9.91. The molecule has 1 heterocycles. The molecule has 3 nitrogen and oxygen atoms in total. The van der Waals surface area contributed by atoms with Crippen molar-refractivity contribution in [3.8, 4) is 0 Å². The maximum absolute atomic E-state index is 13.8. The van der Waals surface area contributed by atoms with Crippen LogP contribution in [0.2, 0.25) is 5.02 Å². The van der Waals surface area contributed by atoms with Gasteiger partial charge in [-0.15, -0.1) is 0 Å². The number of nitrogens with one attached hydrogen (secondary N) is 2. The van der Waals surface area contributed by atoms with Gasteiger partial charge < -0.3 is 10.3 Å². The molecule has 1 aliphatic carbocycles. The van der Waals surface area contributed by atoms with Crippen LogP contribution in [0.25, 0.3) is 10.9 Å². The number of carbonyl (C=O) groups is 1. The topological polar surface area (TPSA) is 44.9 Å². The van der Waals surface area contributed by atoms with Crippen LogP contribution < -0.4 is 5.32 Å². The van der Waals surface area contributed by atoms with Crippen molar-refractivity contribution in [2.75, 3.05) is 0 Å². The smallest absolute Gasteiger partial charge is 0.225 e. The van der Waals surface area contributed by atoms with Crippen molar-refractivity contribution in [2.24, 2.45) is 0 Å². The Hall–Kier alpha value is -2.47. The SMILES string of the molecule is O=C(Cc1cc(F)c(F)cc1F)NC1CCCc2c1[nH]c1ccc(Cl)cc21.